The Kier molecular flexibility index (Phi) is 8.88. The molecule has 180 valence electrons. The summed E-state index contributed by atoms with van der Waals surface area (Å²) in [6.07, 6.45) is 1.78. The molecule has 1 fully saturated rings. The number of halogens is 4. The number of thioether (sulfide) groups is 1. The van der Waals surface area contributed by atoms with E-state index in [2.05, 4.69) is 32.9 Å². The van der Waals surface area contributed by atoms with Gasteiger partial charge in [0.05, 0.1) is 30.8 Å². The Hall–Kier alpha value is -1.91. The number of hydrogen-bond acceptors (Lipinski definition) is 5. The van der Waals surface area contributed by atoms with Crippen molar-refractivity contribution in [2.24, 2.45) is 4.99 Å². The molecule has 3 aromatic rings. The molecule has 4 rings (SSSR count). The molecule has 3 aromatic carbocycles. The van der Waals surface area contributed by atoms with Crippen LogP contribution in [-0.2, 0) is 11.4 Å². The fourth-order valence-corrected chi connectivity index (χ4v) is 5.30. The number of rotatable bonds is 7. The molecule has 0 spiro atoms. The molecule has 0 aliphatic carbocycles. The van der Waals surface area contributed by atoms with Crippen molar-refractivity contribution in [2.45, 2.75) is 13.5 Å². The van der Waals surface area contributed by atoms with Gasteiger partial charge in [-0.3, -0.25) is 4.79 Å². The van der Waals surface area contributed by atoms with Crippen LogP contribution in [0.1, 0.15) is 18.1 Å². The van der Waals surface area contributed by atoms with Gasteiger partial charge in [0, 0.05) is 10.6 Å². The molecule has 1 heterocycles. The van der Waals surface area contributed by atoms with Crippen molar-refractivity contribution in [1.29, 1.82) is 0 Å². The fourth-order valence-electron chi connectivity index (χ4n) is 3.16. The van der Waals surface area contributed by atoms with Gasteiger partial charge in [0.2, 0.25) is 0 Å². The number of ether oxygens (including phenoxy) is 2. The lowest BCUT2D eigenvalue weighted by Crippen LogP contribution is -2.19. The van der Waals surface area contributed by atoms with Crippen LogP contribution in [0, 0.1) is 3.57 Å². The zero-order valence-corrected chi connectivity index (χ0v) is 23.5. The van der Waals surface area contributed by atoms with Gasteiger partial charge in [-0.05, 0) is 83.2 Å². The van der Waals surface area contributed by atoms with E-state index in [1.807, 2.05) is 43.3 Å². The minimum atomic E-state index is -0.251. The van der Waals surface area contributed by atoms with Gasteiger partial charge in [-0.25, -0.2) is 4.99 Å². The SMILES string of the molecule is CCOc1cc(/C=C2/SC(=Nc3cccc(Cl)c3Cl)NC2=O)cc(I)c1OCc1ccccc1Cl. The zero-order chi connectivity index (χ0) is 24.9. The maximum absolute atomic E-state index is 12.6. The number of nitrogens with one attached hydrogen (secondary N) is 1. The highest BCUT2D eigenvalue weighted by molar-refractivity contribution is 14.1. The molecule has 1 aliphatic heterocycles. The fraction of sp³-hybridized carbons (Fsp3) is 0.120. The van der Waals surface area contributed by atoms with Crippen molar-refractivity contribution in [2.75, 3.05) is 6.61 Å². The van der Waals surface area contributed by atoms with Crippen LogP contribution in [0.5, 0.6) is 11.5 Å². The number of benzene rings is 3. The van der Waals surface area contributed by atoms with Crippen molar-refractivity contribution >= 4 is 92.0 Å². The first-order chi connectivity index (χ1) is 16.9. The molecule has 1 amide bonds. The molecule has 1 N–H and O–H groups in total. The average Bonchev–Trinajstić information content (AvgIpc) is 3.16. The highest BCUT2D eigenvalue weighted by atomic mass is 127. The van der Waals surface area contributed by atoms with Crippen molar-refractivity contribution in [3.8, 4) is 11.5 Å². The minimum Gasteiger partial charge on any atom is -0.490 e. The molecule has 1 aliphatic rings. The second-order valence-electron chi connectivity index (χ2n) is 7.20. The molecule has 0 atom stereocenters. The molecule has 10 heteroatoms. The van der Waals surface area contributed by atoms with Crippen LogP contribution < -0.4 is 14.8 Å². The average molecular weight is 660 g/mol. The predicted octanol–water partition coefficient (Wildman–Crippen LogP) is 8.12. The number of carbonyl (C=O) groups excluding carboxylic acids is 1. The van der Waals surface area contributed by atoms with Crippen molar-refractivity contribution < 1.29 is 14.3 Å². The third-order valence-electron chi connectivity index (χ3n) is 4.76. The number of aliphatic imine (C=N–C) groups is 1. The van der Waals surface area contributed by atoms with Gasteiger partial charge < -0.3 is 14.8 Å². The first-order valence-electron chi connectivity index (χ1n) is 10.4. The Bertz CT molecular complexity index is 1350. The molecule has 0 aromatic heterocycles. The summed E-state index contributed by atoms with van der Waals surface area (Å²) in [7, 11) is 0. The van der Waals surface area contributed by atoms with Crippen LogP contribution in [0.4, 0.5) is 5.69 Å². The van der Waals surface area contributed by atoms with Gasteiger partial charge in [-0.15, -0.1) is 0 Å². The van der Waals surface area contributed by atoms with E-state index < -0.39 is 0 Å². The first kappa shape index (κ1) is 26.2. The predicted molar refractivity (Wildman–Crippen MR) is 153 cm³/mol. The molecule has 0 radical (unpaired) electrons. The van der Waals surface area contributed by atoms with Crippen LogP contribution in [0.25, 0.3) is 6.08 Å². The molecule has 1 saturated heterocycles. The van der Waals surface area contributed by atoms with E-state index in [4.69, 9.17) is 44.3 Å². The highest BCUT2D eigenvalue weighted by Gasteiger charge is 2.25. The Balaban J connectivity index is 1.58. The van der Waals surface area contributed by atoms with E-state index in [1.165, 1.54) is 11.8 Å². The summed E-state index contributed by atoms with van der Waals surface area (Å²) in [5, 5.41) is 4.55. The molecule has 35 heavy (non-hydrogen) atoms. The lowest BCUT2D eigenvalue weighted by molar-refractivity contribution is -0.115. The van der Waals surface area contributed by atoms with Gasteiger partial charge in [0.25, 0.3) is 5.91 Å². The number of amidine groups is 1. The van der Waals surface area contributed by atoms with Gasteiger partial charge >= 0.3 is 0 Å². The van der Waals surface area contributed by atoms with Crippen LogP contribution in [-0.4, -0.2) is 17.7 Å². The van der Waals surface area contributed by atoms with Gasteiger partial charge in [-0.2, -0.15) is 0 Å². The van der Waals surface area contributed by atoms with E-state index >= 15 is 0 Å². The van der Waals surface area contributed by atoms with Crippen LogP contribution in [0.2, 0.25) is 15.1 Å². The van der Waals surface area contributed by atoms with E-state index in [-0.39, 0.29) is 5.91 Å². The molecule has 0 saturated carbocycles. The summed E-state index contributed by atoms with van der Waals surface area (Å²) < 4.78 is 12.8. The van der Waals surface area contributed by atoms with Crippen LogP contribution >= 0.6 is 69.2 Å². The van der Waals surface area contributed by atoms with E-state index in [0.29, 0.717) is 55.5 Å². The lowest BCUT2D eigenvalue weighted by atomic mass is 10.1. The summed E-state index contributed by atoms with van der Waals surface area (Å²) in [4.78, 5) is 17.5. The third-order valence-corrected chi connectivity index (χ3v) is 7.65. The second kappa shape index (κ2) is 11.9. The van der Waals surface area contributed by atoms with Crippen molar-refractivity contribution in [3.63, 3.8) is 0 Å². The Morgan fingerprint density at radius 1 is 1.06 bits per heavy atom. The monoisotopic (exact) mass is 658 g/mol. The Morgan fingerprint density at radius 2 is 1.83 bits per heavy atom. The lowest BCUT2D eigenvalue weighted by Gasteiger charge is -2.15. The summed E-state index contributed by atoms with van der Waals surface area (Å²) in [6.45, 7) is 2.67. The van der Waals surface area contributed by atoms with Crippen molar-refractivity contribution in [1.82, 2.24) is 5.32 Å². The highest BCUT2D eigenvalue weighted by Crippen LogP contribution is 2.38. The number of nitrogens with zero attached hydrogens (tertiary/aromatic N) is 1. The third kappa shape index (κ3) is 6.46. The summed E-state index contributed by atoms with van der Waals surface area (Å²) in [5.74, 6) is 0.955. The van der Waals surface area contributed by atoms with E-state index in [1.54, 1.807) is 24.3 Å². The normalized spacial score (nSPS) is 15.5. The van der Waals surface area contributed by atoms with E-state index in [9.17, 15) is 4.79 Å². The van der Waals surface area contributed by atoms with Gasteiger partial charge in [0.1, 0.15) is 6.61 Å². The number of amides is 1. The standard InChI is InChI=1S/C25H18Cl3IN2O3S/c1-2-33-20-11-14(10-18(29)23(20)34-13-15-6-3-4-7-16(15)26)12-21-24(32)31-25(35-21)30-19-9-5-8-17(27)22(19)28/h3-12H,2,13H2,1H3,(H,30,31,32)/b21-12+. The van der Waals surface area contributed by atoms with Gasteiger partial charge in [-0.1, -0.05) is 59.1 Å². The molecule has 0 bridgehead atoms. The zero-order valence-electron chi connectivity index (χ0n) is 18.3. The quantitative estimate of drug-likeness (QED) is 0.206. The molecular weight excluding hydrogens is 642 g/mol. The van der Waals surface area contributed by atoms with Gasteiger partial charge in [0.15, 0.2) is 16.7 Å². The van der Waals surface area contributed by atoms with Crippen LogP contribution in [0.15, 0.2) is 64.5 Å². The van der Waals surface area contributed by atoms with Crippen molar-refractivity contribution in [3.05, 3.63) is 89.3 Å². The maximum Gasteiger partial charge on any atom is 0.264 e. The summed E-state index contributed by atoms with van der Waals surface area (Å²) in [6, 6.07) is 16.5. The Labute approximate surface area is 236 Å². The maximum atomic E-state index is 12.6. The second-order valence-corrected chi connectivity index (χ2v) is 10.6. The van der Waals surface area contributed by atoms with Crippen LogP contribution in [0.3, 0.4) is 0 Å². The smallest absolute Gasteiger partial charge is 0.264 e. The minimum absolute atomic E-state index is 0.251. The molecular formula is C25H18Cl3IN2O3S. The molecule has 5 nitrogen and oxygen atoms in total. The Morgan fingerprint density at radius 3 is 2.60 bits per heavy atom. The number of hydrogen-bond donors (Lipinski definition) is 1. The largest absolute Gasteiger partial charge is 0.490 e. The molecule has 0 unspecified atom stereocenters. The van der Waals surface area contributed by atoms with E-state index in [0.717, 1.165) is 14.7 Å². The topological polar surface area (TPSA) is 59.9 Å². The summed E-state index contributed by atoms with van der Waals surface area (Å²) >= 11 is 22.0. The summed E-state index contributed by atoms with van der Waals surface area (Å²) in [5.41, 5.74) is 2.16. The first-order valence-corrected chi connectivity index (χ1v) is 13.4. The number of carbonyl (C=O) groups is 1.